The molecule has 0 unspecified atom stereocenters. The molecule has 0 atom stereocenters. The van der Waals surface area contributed by atoms with E-state index in [4.69, 9.17) is 5.53 Å². The molecule has 0 amide bonds. The summed E-state index contributed by atoms with van der Waals surface area (Å²) in [5, 5.41) is 17.4. The van der Waals surface area contributed by atoms with Gasteiger partial charge in [0, 0.05) is 17.3 Å². The normalized spacial score (nSPS) is 9.65. The molecule has 10 heteroatoms. The maximum Gasteiger partial charge on any atom is 0.390 e. The lowest BCUT2D eigenvalue weighted by molar-refractivity contribution is -0.389. The molecule has 0 saturated carbocycles. The largest absolute Gasteiger partial charge is 0.390 e. The van der Waals surface area contributed by atoms with E-state index >= 15 is 0 Å². The van der Waals surface area contributed by atoms with Gasteiger partial charge in [0.25, 0.3) is 0 Å². The van der Waals surface area contributed by atoms with Crippen LogP contribution in [0.5, 0.6) is 0 Å². The van der Waals surface area contributed by atoms with Crippen molar-refractivity contribution in [3.05, 3.63) is 45.2 Å². The standard InChI is InChI=1S/C7H4N8O2/c8-13-11-6-7(10-3-2-9-6)14-4-1-5(12-14)15(16)17/h1-4H. The van der Waals surface area contributed by atoms with Gasteiger partial charge in [0.1, 0.15) is 0 Å². The van der Waals surface area contributed by atoms with Crippen molar-refractivity contribution in [3.8, 4) is 5.82 Å². The first-order valence-corrected chi connectivity index (χ1v) is 4.29. The van der Waals surface area contributed by atoms with Crippen molar-refractivity contribution in [3.63, 3.8) is 0 Å². The second kappa shape index (κ2) is 4.24. The second-order valence-electron chi connectivity index (χ2n) is 2.77. The summed E-state index contributed by atoms with van der Waals surface area (Å²) in [7, 11) is 0. The van der Waals surface area contributed by atoms with E-state index in [1.165, 1.54) is 24.7 Å². The maximum atomic E-state index is 10.5. The SMILES string of the molecule is [N-]=[N+]=Nc1nccnc1-n1ccc([N+](=O)[O-])n1. The summed E-state index contributed by atoms with van der Waals surface area (Å²) >= 11 is 0. The van der Waals surface area contributed by atoms with E-state index in [9.17, 15) is 10.1 Å². The van der Waals surface area contributed by atoms with E-state index in [1.54, 1.807) is 0 Å². The molecule has 0 aliphatic rings. The van der Waals surface area contributed by atoms with Gasteiger partial charge in [-0.15, -0.1) is 4.68 Å². The van der Waals surface area contributed by atoms with Crippen molar-refractivity contribution in [1.29, 1.82) is 0 Å². The summed E-state index contributed by atoms with van der Waals surface area (Å²) in [6, 6.07) is 1.20. The third kappa shape index (κ3) is 2.01. The molecule has 2 rings (SSSR count). The molecular formula is C7H4N8O2. The van der Waals surface area contributed by atoms with Crippen molar-refractivity contribution in [2.75, 3.05) is 0 Å². The highest BCUT2D eigenvalue weighted by Gasteiger charge is 2.15. The van der Waals surface area contributed by atoms with Crippen LogP contribution in [0.2, 0.25) is 0 Å². The Balaban J connectivity index is 2.52. The molecular weight excluding hydrogens is 228 g/mol. The highest BCUT2D eigenvalue weighted by atomic mass is 16.6. The number of nitrogens with zero attached hydrogens (tertiary/aromatic N) is 8. The quantitative estimate of drug-likeness (QED) is 0.259. The first kappa shape index (κ1) is 10.5. The number of azide groups is 1. The minimum absolute atomic E-state index is 0.00648. The van der Waals surface area contributed by atoms with Crippen molar-refractivity contribution in [2.45, 2.75) is 0 Å². The number of hydrogen-bond acceptors (Lipinski definition) is 6. The average molecular weight is 232 g/mol. The van der Waals surface area contributed by atoms with Crippen LogP contribution in [-0.4, -0.2) is 24.7 Å². The van der Waals surface area contributed by atoms with Gasteiger partial charge in [-0.2, -0.15) is 0 Å². The molecule has 2 aromatic rings. The predicted octanol–water partition coefficient (Wildman–Crippen LogP) is 1.51. The lowest BCUT2D eigenvalue weighted by Gasteiger charge is -1.97. The fourth-order valence-corrected chi connectivity index (χ4v) is 1.13. The molecule has 0 spiro atoms. The van der Waals surface area contributed by atoms with E-state index in [1.807, 2.05) is 0 Å². The Labute approximate surface area is 93.3 Å². The van der Waals surface area contributed by atoms with Gasteiger partial charge in [-0.3, -0.25) is 0 Å². The van der Waals surface area contributed by atoms with Crippen LogP contribution in [-0.2, 0) is 0 Å². The smallest absolute Gasteiger partial charge is 0.358 e. The van der Waals surface area contributed by atoms with Gasteiger partial charge in [0.05, 0.1) is 17.4 Å². The number of nitro groups is 1. The molecule has 0 N–H and O–H groups in total. The van der Waals surface area contributed by atoms with Crippen molar-refractivity contribution in [2.24, 2.45) is 5.11 Å². The molecule has 84 valence electrons. The van der Waals surface area contributed by atoms with Gasteiger partial charge in [0.15, 0.2) is 5.82 Å². The summed E-state index contributed by atoms with van der Waals surface area (Å²) in [5.74, 6) is -0.214. The van der Waals surface area contributed by atoms with Crippen LogP contribution < -0.4 is 0 Å². The second-order valence-corrected chi connectivity index (χ2v) is 2.77. The van der Waals surface area contributed by atoms with Crippen molar-refractivity contribution < 1.29 is 4.92 Å². The van der Waals surface area contributed by atoms with Gasteiger partial charge in [0.2, 0.25) is 5.82 Å². The minimum atomic E-state index is -0.639. The fourth-order valence-electron chi connectivity index (χ4n) is 1.13. The Morgan fingerprint density at radius 2 is 2.24 bits per heavy atom. The highest BCUT2D eigenvalue weighted by molar-refractivity contribution is 5.44. The molecule has 0 aliphatic carbocycles. The molecule has 0 saturated heterocycles. The maximum absolute atomic E-state index is 10.5. The van der Waals surface area contributed by atoms with Crippen LogP contribution in [0.3, 0.4) is 0 Å². The average Bonchev–Trinajstić information content (AvgIpc) is 2.79. The van der Waals surface area contributed by atoms with Crippen LogP contribution in [0.25, 0.3) is 16.3 Å². The number of hydrogen-bond donors (Lipinski definition) is 0. The zero-order chi connectivity index (χ0) is 12.3. The molecule has 0 aromatic carbocycles. The van der Waals surface area contributed by atoms with Crippen LogP contribution in [0.1, 0.15) is 0 Å². The monoisotopic (exact) mass is 232 g/mol. The van der Waals surface area contributed by atoms with Crippen LogP contribution in [0.15, 0.2) is 29.8 Å². The predicted molar refractivity (Wildman–Crippen MR) is 54.6 cm³/mol. The van der Waals surface area contributed by atoms with E-state index < -0.39 is 4.92 Å². The third-order valence-electron chi connectivity index (χ3n) is 1.78. The van der Waals surface area contributed by atoms with Gasteiger partial charge >= 0.3 is 5.82 Å². The first-order valence-electron chi connectivity index (χ1n) is 4.29. The Morgan fingerprint density at radius 3 is 2.88 bits per heavy atom. The van der Waals surface area contributed by atoms with Crippen LogP contribution >= 0.6 is 0 Å². The summed E-state index contributed by atoms with van der Waals surface area (Å²) in [5.41, 5.74) is 8.34. The Bertz CT molecular complexity index is 614. The zero-order valence-electron chi connectivity index (χ0n) is 8.20. The molecule has 10 nitrogen and oxygen atoms in total. The third-order valence-corrected chi connectivity index (χ3v) is 1.78. The molecule has 2 aromatic heterocycles. The summed E-state index contributed by atoms with van der Waals surface area (Å²) in [4.78, 5) is 20.1. The topological polar surface area (TPSA) is 136 Å². The molecule has 17 heavy (non-hydrogen) atoms. The van der Waals surface area contributed by atoms with E-state index in [2.05, 4.69) is 25.1 Å². The van der Waals surface area contributed by atoms with E-state index in [-0.39, 0.29) is 17.5 Å². The fraction of sp³-hybridized carbons (Fsp3) is 0. The molecule has 2 heterocycles. The Kier molecular flexibility index (Phi) is 2.63. The minimum Gasteiger partial charge on any atom is -0.358 e. The number of aromatic nitrogens is 4. The van der Waals surface area contributed by atoms with Gasteiger partial charge in [-0.1, -0.05) is 0 Å². The van der Waals surface area contributed by atoms with E-state index in [0.717, 1.165) is 4.68 Å². The van der Waals surface area contributed by atoms with Gasteiger partial charge in [-0.25, -0.2) is 9.97 Å². The summed E-state index contributed by atoms with van der Waals surface area (Å²) in [6.45, 7) is 0. The number of rotatable bonds is 3. The van der Waals surface area contributed by atoms with E-state index in [0.29, 0.717) is 0 Å². The lowest BCUT2D eigenvalue weighted by Crippen LogP contribution is -2.00. The molecule has 0 radical (unpaired) electrons. The lowest BCUT2D eigenvalue weighted by atomic mass is 10.6. The first-order chi connectivity index (χ1) is 8.22. The molecule has 0 bridgehead atoms. The summed E-state index contributed by atoms with van der Waals surface area (Å²) < 4.78 is 1.12. The van der Waals surface area contributed by atoms with Crippen molar-refractivity contribution in [1.82, 2.24) is 19.7 Å². The van der Waals surface area contributed by atoms with Crippen LogP contribution in [0.4, 0.5) is 11.6 Å². The highest BCUT2D eigenvalue weighted by Crippen LogP contribution is 2.18. The zero-order valence-corrected chi connectivity index (χ0v) is 8.20. The summed E-state index contributed by atoms with van der Waals surface area (Å²) in [6.07, 6.45) is 4.03. The van der Waals surface area contributed by atoms with Gasteiger partial charge < -0.3 is 10.1 Å². The molecule has 0 fully saturated rings. The Morgan fingerprint density at radius 1 is 1.47 bits per heavy atom. The Hall–Kier alpha value is -3.00. The van der Waals surface area contributed by atoms with Crippen molar-refractivity contribution >= 4 is 11.6 Å². The molecule has 0 aliphatic heterocycles. The van der Waals surface area contributed by atoms with Crippen LogP contribution in [0, 0.1) is 10.1 Å². The van der Waals surface area contributed by atoms with Gasteiger partial charge in [-0.05, 0) is 15.6 Å².